The van der Waals surface area contributed by atoms with E-state index in [1.54, 1.807) is 7.11 Å². The molecule has 8 heteroatoms. The number of para-hydroxylation sites is 1. The molecule has 1 aliphatic heterocycles. The van der Waals surface area contributed by atoms with E-state index in [2.05, 4.69) is 10.3 Å². The minimum atomic E-state index is -4.11. The lowest BCUT2D eigenvalue weighted by Gasteiger charge is -2.32. The zero-order valence-corrected chi connectivity index (χ0v) is 15.1. The van der Waals surface area contributed by atoms with Crippen molar-refractivity contribution in [2.45, 2.75) is 32.0 Å². The van der Waals surface area contributed by atoms with Crippen LogP contribution in [0.25, 0.3) is 0 Å². The van der Waals surface area contributed by atoms with Gasteiger partial charge >= 0.3 is 6.18 Å². The van der Waals surface area contributed by atoms with E-state index in [1.807, 2.05) is 24.3 Å². The number of nitrogens with two attached hydrogens (primary N) is 1. The van der Waals surface area contributed by atoms with E-state index in [0.717, 1.165) is 30.5 Å². The fourth-order valence-electron chi connectivity index (χ4n) is 3.16. The molecule has 0 bridgehead atoms. The first-order valence-corrected chi connectivity index (χ1v) is 8.80. The molecule has 0 spiro atoms. The van der Waals surface area contributed by atoms with Crippen LogP contribution in [0.2, 0.25) is 0 Å². The molecule has 1 fully saturated rings. The highest BCUT2D eigenvalue weighted by atomic mass is 19.4. The number of rotatable bonds is 7. The average Bonchev–Trinajstić information content (AvgIpc) is 2.57. The summed E-state index contributed by atoms with van der Waals surface area (Å²) in [6.45, 7) is 1.22. The number of methoxy groups -OCH3 is 1. The largest absolute Gasteiger partial charge is 0.401 e. The number of nitrogens with one attached hydrogen (secondary N) is 1. The topological polar surface area (TPSA) is 62.9 Å². The molecule has 0 amide bonds. The molecule has 2 rings (SSSR count). The number of nitrogens with zero attached hydrogens (tertiary/aromatic N) is 2. The molecule has 5 nitrogen and oxygen atoms in total. The van der Waals surface area contributed by atoms with E-state index in [-0.39, 0.29) is 0 Å². The number of hydrogen-bond donors (Lipinski definition) is 2. The number of likely N-dealkylation sites (tertiary alicyclic amines) is 1. The molecule has 3 N–H and O–H groups in total. The number of alkyl halides is 3. The summed E-state index contributed by atoms with van der Waals surface area (Å²) in [6, 6.07) is 7.70. The number of aliphatic imine (C=N–C) groups is 1. The lowest BCUT2D eigenvalue weighted by atomic mass is 9.93. The Balaban J connectivity index is 1.74. The smallest absolute Gasteiger partial charge is 0.380 e. The first kappa shape index (κ1) is 20.5. The van der Waals surface area contributed by atoms with Gasteiger partial charge in [0, 0.05) is 24.9 Å². The van der Waals surface area contributed by atoms with Crippen molar-refractivity contribution in [1.29, 1.82) is 0 Å². The third kappa shape index (κ3) is 7.21. The van der Waals surface area contributed by atoms with Crippen LogP contribution in [0, 0.1) is 5.92 Å². The van der Waals surface area contributed by atoms with Gasteiger partial charge in [0.25, 0.3) is 0 Å². The summed E-state index contributed by atoms with van der Waals surface area (Å²) in [5.74, 6) is 0.736. The van der Waals surface area contributed by atoms with Gasteiger partial charge in [-0.3, -0.25) is 9.89 Å². The number of piperidine rings is 1. The second-order valence-electron chi connectivity index (χ2n) is 6.61. The molecule has 0 saturated carbocycles. The van der Waals surface area contributed by atoms with Crippen molar-refractivity contribution in [3.05, 3.63) is 29.8 Å². The highest BCUT2D eigenvalue weighted by molar-refractivity contribution is 5.92. The van der Waals surface area contributed by atoms with E-state index < -0.39 is 12.7 Å². The average molecular weight is 372 g/mol. The quantitative estimate of drug-likeness (QED) is 0.570. The highest BCUT2D eigenvalue weighted by Crippen LogP contribution is 2.24. The maximum Gasteiger partial charge on any atom is 0.401 e. The molecule has 1 aromatic rings. The summed E-state index contributed by atoms with van der Waals surface area (Å²) >= 11 is 0. The molecule has 1 heterocycles. The van der Waals surface area contributed by atoms with E-state index in [0.29, 0.717) is 38.1 Å². The van der Waals surface area contributed by atoms with Crippen molar-refractivity contribution < 1.29 is 17.9 Å². The van der Waals surface area contributed by atoms with Gasteiger partial charge < -0.3 is 15.8 Å². The molecule has 1 aliphatic rings. The van der Waals surface area contributed by atoms with Crippen molar-refractivity contribution >= 4 is 11.6 Å². The number of benzene rings is 1. The minimum absolute atomic E-state index is 0.336. The van der Waals surface area contributed by atoms with Gasteiger partial charge in [-0.25, -0.2) is 0 Å². The lowest BCUT2D eigenvalue weighted by Crippen LogP contribution is -2.40. The summed E-state index contributed by atoms with van der Waals surface area (Å²) in [7, 11) is 1.63. The number of anilines is 1. The zero-order valence-electron chi connectivity index (χ0n) is 15.1. The Hall–Kier alpha value is -1.80. The third-order valence-corrected chi connectivity index (χ3v) is 4.51. The third-order valence-electron chi connectivity index (χ3n) is 4.51. The normalized spacial score (nSPS) is 17.5. The number of ether oxygens (including phenoxy) is 1. The molecule has 0 radical (unpaired) electrons. The molecular formula is C18H27F3N4O. The monoisotopic (exact) mass is 372 g/mol. The molecule has 0 atom stereocenters. The summed E-state index contributed by atoms with van der Waals surface area (Å²) in [6.07, 6.45) is -1.73. The van der Waals surface area contributed by atoms with Crippen LogP contribution in [0.5, 0.6) is 0 Å². The predicted octanol–water partition coefficient (Wildman–Crippen LogP) is 3.22. The summed E-state index contributed by atoms with van der Waals surface area (Å²) in [5, 5.41) is 3.08. The van der Waals surface area contributed by atoms with Gasteiger partial charge in [0.15, 0.2) is 5.96 Å². The van der Waals surface area contributed by atoms with E-state index in [4.69, 9.17) is 10.5 Å². The van der Waals surface area contributed by atoms with Crippen LogP contribution in [0.1, 0.15) is 24.8 Å². The first-order chi connectivity index (χ1) is 12.4. The molecule has 146 valence electrons. The summed E-state index contributed by atoms with van der Waals surface area (Å²) in [4.78, 5) is 5.82. The Bertz CT molecular complexity index is 584. The van der Waals surface area contributed by atoms with Gasteiger partial charge in [-0.15, -0.1) is 0 Å². The Morgan fingerprint density at radius 2 is 2.00 bits per heavy atom. The molecule has 0 aromatic heterocycles. The van der Waals surface area contributed by atoms with Crippen LogP contribution in [-0.4, -0.2) is 50.3 Å². The van der Waals surface area contributed by atoms with Crippen LogP contribution < -0.4 is 11.1 Å². The van der Waals surface area contributed by atoms with Crippen LogP contribution in [-0.2, 0) is 11.3 Å². The Labute approximate surface area is 152 Å². The Morgan fingerprint density at radius 1 is 1.31 bits per heavy atom. The van der Waals surface area contributed by atoms with Gasteiger partial charge in [0.1, 0.15) is 0 Å². The molecule has 26 heavy (non-hydrogen) atoms. The molecule has 0 aliphatic carbocycles. The second kappa shape index (κ2) is 9.78. The van der Waals surface area contributed by atoms with Crippen LogP contribution >= 0.6 is 0 Å². The van der Waals surface area contributed by atoms with Crippen molar-refractivity contribution in [2.24, 2.45) is 16.6 Å². The van der Waals surface area contributed by atoms with E-state index in [9.17, 15) is 13.2 Å². The fraction of sp³-hybridized carbons (Fsp3) is 0.611. The van der Waals surface area contributed by atoms with Crippen LogP contribution in [0.4, 0.5) is 18.9 Å². The summed E-state index contributed by atoms with van der Waals surface area (Å²) in [5.41, 5.74) is 7.79. The van der Waals surface area contributed by atoms with Gasteiger partial charge in [-0.05, 0) is 44.3 Å². The number of guanidine groups is 1. The summed E-state index contributed by atoms with van der Waals surface area (Å²) < 4.78 is 42.3. The second-order valence-corrected chi connectivity index (χ2v) is 6.61. The Kier molecular flexibility index (Phi) is 7.71. The zero-order chi connectivity index (χ0) is 19.0. The molecule has 0 unspecified atom stereocenters. The predicted molar refractivity (Wildman–Crippen MR) is 97.1 cm³/mol. The number of hydrogen-bond acceptors (Lipinski definition) is 3. The maximum atomic E-state index is 12.4. The SMILES string of the molecule is COCc1ccccc1NC(N)=NCCC1CCN(CC(F)(F)F)CC1. The standard InChI is InChI=1S/C18H27F3N4O/c1-26-12-15-4-2-3-5-16(15)24-17(22)23-9-6-14-7-10-25(11-8-14)13-18(19,20)21/h2-5,14H,6-13H2,1H3,(H3,22,23,24). The molecule has 1 saturated heterocycles. The van der Waals surface area contributed by atoms with Crippen molar-refractivity contribution in [2.75, 3.05) is 38.6 Å². The van der Waals surface area contributed by atoms with Gasteiger partial charge in [-0.2, -0.15) is 13.2 Å². The minimum Gasteiger partial charge on any atom is -0.380 e. The van der Waals surface area contributed by atoms with Crippen molar-refractivity contribution in [3.63, 3.8) is 0 Å². The first-order valence-electron chi connectivity index (χ1n) is 8.80. The molecular weight excluding hydrogens is 345 g/mol. The maximum absolute atomic E-state index is 12.4. The van der Waals surface area contributed by atoms with Crippen molar-refractivity contribution in [3.8, 4) is 0 Å². The van der Waals surface area contributed by atoms with Gasteiger partial charge in [-0.1, -0.05) is 18.2 Å². The number of halogens is 3. The van der Waals surface area contributed by atoms with Crippen LogP contribution in [0.3, 0.4) is 0 Å². The highest BCUT2D eigenvalue weighted by Gasteiger charge is 2.32. The Morgan fingerprint density at radius 3 is 2.65 bits per heavy atom. The van der Waals surface area contributed by atoms with E-state index in [1.165, 1.54) is 4.90 Å². The fourth-order valence-corrected chi connectivity index (χ4v) is 3.16. The van der Waals surface area contributed by atoms with E-state index >= 15 is 0 Å². The lowest BCUT2D eigenvalue weighted by molar-refractivity contribution is -0.148. The van der Waals surface area contributed by atoms with Crippen molar-refractivity contribution in [1.82, 2.24) is 4.90 Å². The van der Waals surface area contributed by atoms with Gasteiger partial charge in [0.2, 0.25) is 0 Å². The van der Waals surface area contributed by atoms with Crippen LogP contribution in [0.15, 0.2) is 29.3 Å². The molecule has 1 aromatic carbocycles. The van der Waals surface area contributed by atoms with Gasteiger partial charge in [0.05, 0.1) is 13.2 Å².